The lowest BCUT2D eigenvalue weighted by Crippen LogP contribution is -2.47. The third-order valence-corrected chi connectivity index (χ3v) is 5.58. The molecular weight excluding hydrogens is 429 g/mol. The highest BCUT2D eigenvalue weighted by Crippen LogP contribution is 2.38. The molecule has 172 valence electrons. The van der Waals surface area contributed by atoms with Crippen molar-refractivity contribution in [2.24, 2.45) is 0 Å². The summed E-state index contributed by atoms with van der Waals surface area (Å²) in [5, 5.41) is 38.7. The number of pyridine rings is 1. The molecule has 3 heterocycles. The third-order valence-electron chi connectivity index (χ3n) is 5.58. The van der Waals surface area contributed by atoms with Gasteiger partial charge >= 0.3 is 6.18 Å². The van der Waals surface area contributed by atoms with Gasteiger partial charge in [-0.3, -0.25) is 4.79 Å². The van der Waals surface area contributed by atoms with Crippen LogP contribution in [0.1, 0.15) is 30.2 Å². The fraction of sp³-hybridized carbons (Fsp3) is 0.500. The van der Waals surface area contributed by atoms with Crippen molar-refractivity contribution in [2.75, 3.05) is 31.1 Å². The summed E-state index contributed by atoms with van der Waals surface area (Å²) in [6.07, 6.45) is -4.09. The first kappa shape index (κ1) is 23.5. The zero-order valence-electron chi connectivity index (χ0n) is 17.2. The fourth-order valence-electron chi connectivity index (χ4n) is 3.57. The Morgan fingerprint density at radius 3 is 2.53 bits per heavy atom. The Bertz CT molecular complexity index is 965. The molecule has 0 aromatic carbocycles. The number of nitriles is 1. The number of anilines is 1. The lowest BCUT2D eigenvalue weighted by molar-refractivity contribution is -0.137. The highest BCUT2D eigenvalue weighted by Gasteiger charge is 2.39. The van der Waals surface area contributed by atoms with Crippen LogP contribution >= 0.6 is 0 Å². The molecule has 9 nitrogen and oxygen atoms in total. The molecule has 0 radical (unpaired) electrons. The van der Waals surface area contributed by atoms with E-state index in [1.165, 1.54) is 11.1 Å². The maximum Gasteiger partial charge on any atom is 0.417 e. The van der Waals surface area contributed by atoms with Gasteiger partial charge in [0.05, 0.1) is 30.0 Å². The first-order chi connectivity index (χ1) is 15.1. The number of hydrogen-bond acceptors (Lipinski definition) is 8. The molecular formula is C20H23F3N6O3. The quantitative estimate of drug-likeness (QED) is 0.467. The molecule has 0 bridgehead atoms. The number of hydrogen-bond donors (Lipinski definition) is 4. The Kier molecular flexibility index (Phi) is 6.71. The molecule has 0 unspecified atom stereocenters. The summed E-state index contributed by atoms with van der Waals surface area (Å²) in [6.45, 7) is 1.99. The van der Waals surface area contributed by atoms with Crippen LogP contribution in [-0.2, 0) is 11.0 Å². The van der Waals surface area contributed by atoms with Gasteiger partial charge in [-0.05, 0) is 19.4 Å². The van der Waals surface area contributed by atoms with Crippen molar-refractivity contribution >= 4 is 23.5 Å². The predicted molar refractivity (Wildman–Crippen MR) is 109 cm³/mol. The van der Waals surface area contributed by atoms with Gasteiger partial charge in [-0.15, -0.1) is 0 Å². The smallest absolute Gasteiger partial charge is 0.388 e. The summed E-state index contributed by atoms with van der Waals surface area (Å²) in [4.78, 5) is 19.3. The van der Waals surface area contributed by atoms with E-state index in [1.54, 1.807) is 11.0 Å². The average Bonchev–Trinajstić information content (AvgIpc) is 3.07. The maximum atomic E-state index is 13.7. The topological polar surface area (TPSA) is 137 Å². The molecule has 1 amide bonds. The Morgan fingerprint density at radius 2 is 2.06 bits per heavy atom. The second kappa shape index (κ2) is 9.13. The Balaban J connectivity index is 1.87. The largest absolute Gasteiger partial charge is 0.417 e. The number of nitrogens with one attached hydrogen (secondary N) is 2. The predicted octanol–water partition coefficient (Wildman–Crippen LogP) is 0.715. The SMILES string of the molecule is C[C@H]1CCN1c1nc(/C(C=N)=C/NCC(=O)N2C[C@@H](O)[C@H](O)C2)cc(C(F)(F)F)c1C#N. The first-order valence-electron chi connectivity index (χ1n) is 9.94. The van der Waals surface area contributed by atoms with Gasteiger partial charge in [0.1, 0.15) is 17.5 Å². The van der Waals surface area contributed by atoms with Crippen LogP contribution in [0, 0.1) is 16.7 Å². The fourth-order valence-corrected chi connectivity index (χ4v) is 3.57. The van der Waals surface area contributed by atoms with E-state index >= 15 is 0 Å². The van der Waals surface area contributed by atoms with Gasteiger partial charge < -0.3 is 30.7 Å². The summed E-state index contributed by atoms with van der Waals surface area (Å²) in [6, 6.07) is 2.27. The van der Waals surface area contributed by atoms with Crippen molar-refractivity contribution in [3.05, 3.63) is 29.1 Å². The summed E-state index contributed by atoms with van der Waals surface area (Å²) in [5.74, 6) is -0.514. The molecule has 3 atom stereocenters. The van der Waals surface area contributed by atoms with Gasteiger partial charge in [0.2, 0.25) is 5.91 Å². The first-order valence-corrected chi connectivity index (χ1v) is 9.94. The van der Waals surface area contributed by atoms with Crippen molar-refractivity contribution < 1.29 is 28.2 Å². The lowest BCUT2D eigenvalue weighted by atomic mass is 10.00. The number of aliphatic hydroxyl groups is 2. The van der Waals surface area contributed by atoms with E-state index in [9.17, 15) is 33.4 Å². The highest BCUT2D eigenvalue weighted by molar-refractivity contribution is 6.07. The van der Waals surface area contributed by atoms with Crippen LogP contribution in [0.2, 0.25) is 0 Å². The lowest BCUT2D eigenvalue weighted by Gasteiger charge is -2.40. The van der Waals surface area contributed by atoms with Gasteiger partial charge in [0, 0.05) is 43.7 Å². The second-order valence-corrected chi connectivity index (χ2v) is 7.75. The molecule has 32 heavy (non-hydrogen) atoms. The molecule has 12 heteroatoms. The molecule has 0 aliphatic carbocycles. The van der Waals surface area contributed by atoms with E-state index < -0.39 is 35.4 Å². The van der Waals surface area contributed by atoms with Gasteiger partial charge in [-0.1, -0.05) is 0 Å². The molecule has 2 saturated heterocycles. The van der Waals surface area contributed by atoms with Crippen molar-refractivity contribution in [1.82, 2.24) is 15.2 Å². The summed E-state index contributed by atoms with van der Waals surface area (Å²) in [5.41, 5.74) is -1.87. The highest BCUT2D eigenvalue weighted by atomic mass is 19.4. The standard InChI is InChI=1S/C20H23F3N6O3/c1-11-2-3-29(11)19-13(6-25)14(20(21,22)23)4-15(27-19)12(5-24)7-26-8-18(32)28-9-16(30)17(31)10-28/h4-5,7,11,16-17,24,26,30-31H,2-3,8-10H2,1H3/b12-7+,24-5?/t11-,16+,17+/m0/s1. The van der Waals surface area contributed by atoms with E-state index in [0.29, 0.717) is 6.54 Å². The number of amides is 1. The van der Waals surface area contributed by atoms with Crippen molar-refractivity contribution in [2.45, 2.75) is 37.8 Å². The van der Waals surface area contributed by atoms with Crippen LogP contribution in [-0.4, -0.2) is 76.6 Å². The number of rotatable bonds is 6. The van der Waals surface area contributed by atoms with Crippen molar-refractivity contribution in [3.8, 4) is 6.07 Å². The molecule has 1 aromatic rings. The van der Waals surface area contributed by atoms with Gasteiger partial charge in [0.25, 0.3) is 0 Å². The van der Waals surface area contributed by atoms with Crippen LogP contribution in [0.3, 0.4) is 0 Å². The molecule has 2 aliphatic heterocycles. The number of carbonyl (C=O) groups is 1. The van der Waals surface area contributed by atoms with E-state index in [0.717, 1.165) is 18.7 Å². The minimum absolute atomic E-state index is 0.0105. The van der Waals surface area contributed by atoms with E-state index in [2.05, 4.69) is 10.3 Å². The van der Waals surface area contributed by atoms with E-state index in [4.69, 9.17) is 5.41 Å². The molecule has 0 saturated carbocycles. The minimum atomic E-state index is -4.79. The number of aliphatic hydroxyl groups excluding tert-OH is 2. The molecule has 1 aromatic heterocycles. The van der Waals surface area contributed by atoms with E-state index in [-0.39, 0.29) is 42.8 Å². The Hall–Kier alpha value is -3.17. The van der Waals surface area contributed by atoms with Crippen LogP contribution in [0.25, 0.3) is 5.57 Å². The number of carbonyl (C=O) groups excluding carboxylic acids is 1. The number of halogens is 3. The minimum Gasteiger partial charge on any atom is -0.388 e. The summed E-state index contributed by atoms with van der Waals surface area (Å²) < 4.78 is 41.0. The number of aromatic nitrogens is 1. The molecule has 2 fully saturated rings. The molecule has 2 aliphatic rings. The summed E-state index contributed by atoms with van der Waals surface area (Å²) in [7, 11) is 0. The van der Waals surface area contributed by atoms with Gasteiger partial charge in [0.15, 0.2) is 0 Å². The maximum absolute atomic E-state index is 13.7. The molecule has 0 spiro atoms. The van der Waals surface area contributed by atoms with Crippen LogP contribution in [0.5, 0.6) is 0 Å². The average molecular weight is 452 g/mol. The second-order valence-electron chi connectivity index (χ2n) is 7.75. The number of allylic oxidation sites excluding steroid dienone is 1. The third kappa shape index (κ3) is 4.68. The zero-order chi connectivity index (χ0) is 23.6. The monoisotopic (exact) mass is 452 g/mol. The zero-order valence-corrected chi connectivity index (χ0v) is 17.2. The van der Waals surface area contributed by atoms with Crippen molar-refractivity contribution in [1.29, 1.82) is 10.7 Å². The van der Waals surface area contributed by atoms with Crippen LogP contribution in [0.15, 0.2) is 12.3 Å². The Morgan fingerprint density at radius 1 is 1.41 bits per heavy atom. The van der Waals surface area contributed by atoms with E-state index in [1.807, 2.05) is 6.92 Å². The van der Waals surface area contributed by atoms with Gasteiger partial charge in [-0.25, -0.2) is 4.98 Å². The number of alkyl halides is 3. The number of likely N-dealkylation sites (tertiary alicyclic amines) is 1. The van der Waals surface area contributed by atoms with Gasteiger partial charge in [-0.2, -0.15) is 18.4 Å². The molecule has 4 N–H and O–H groups in total. The van der Waals surface area contributed by atoms with Crippen LogP contribution in [0.4, 0.5) is 19.0 Å². The Labute approximate surface area is 182 Å². The number of β-amino-alcohol motifs (C(OH)–C–C–N with tert-alkyl or cyclic N) is 2. The normalized spacial score (nSPS) is 23.5. The summed E-state index contributed by atoms with van der Waals surface area (Å²) >= 11 is 0. The van der Waals surface area contributed by atoms with Crippen LogP contribution < -0.4 is 10.2 Å². The molecule has 3 rings (SSSR count). The van der Waals surface area contributed by atoms with Crippen molar-refractivity contribution in [3.63, 3.8) is 0 Å². The number of nitrogens with zero attached hydrogens (tertiary/aromatic N) is 4.